The number of rotatable bonds is 9. The summed E-state index contributed by atoms with van der Waals surface area (Å²) in [5.74, 6) is -0.320. The second-order valence-electron chi connectivity index (χ2n) is 5.02. The van der Waals surface area contributed by atoms with Gasteiger partial charge in [-0.2, -0.15) is 0 Å². The molecule has 0 heterocycles. The van der Waals surface area contributed by atoms with Crippen molar-refractivity contribution < 1.29 is 27.5 Å². The topological polar surface area (TPSA) is 98.8 Å². The molecule has 0 saturated heterocycles. The lowest BCUT2D eigenvalue weighted by Gasteiger charge is -2.18. The number of carbonyl (C=O) groups excluding carboxylic acids is 2. The quantitative estimate of drug-likeness (QED) is 0.544. The average molecular weight is 343 g/mol. The van der Waals surface area contributed by atoms with Gasteiger partial charge in [-0.1, -0.05) is 13.3 Å². The zero-order valence-corrected chi connectivity index (χ0v) is 14.2. The van der Waals surface area contributed by atoms with E-state index in [1.54, 1.807) is 0 Å². The predicted octanol–water partition coefficient (Wildman–Crippen LogP) is 1.98. The second kappa shape index (κ2) is 8.52. The van der Waals surface area contributed by atoms with Gasteiger partial charge < -0.3 is 9.47 Å². The number of nitrogens with one attached hydrogen (secondary N) is 1. The zero-order chi connectivity index (χ0) is 17.5. The lowest BCUT2D eigenvalue weighted by molar-refractivity contribution is -0.149. The van der Waals surface area contributed by atoms with Crippen molar-refractivity contribution in [2.45, 2.75) is 32.3 Å². The summed E-state index contributed by atoms with van der Waals surface area (Å²) in [5, 5.41) is 0. The number of aldehydes is 1. The highest BCUT2D eigenvalue weighted by Gasteiger charge is 2.22. The first-order valence-corrected chi connectivity index (χ1v) is 9.01. The fraction of sp³-hybridized carbons (Fsp3) is 0.467. The van der Waals surface area contributed by atoms with Crippen LogP contribution in [0.25, 0.3) is 0 Å². The van der Waals surface area contributed by atoms with Crippen LogP contribution in [0.5, 0.6) is 5.75 Å². The Morgan fingerprint density at radius 2 is 2.09 bits per heavy atom. The molecule has 0 aliphatic carbocycles. The number of carbonyl (C=O) groups is 2. The van der Waals surface area contributed by atoms with E-state index in [4.69, 9.17) is 9.47 Å². The van der Waals surface area contributed by atoms with Crippen molar-refractivity contribution in [1.82, 2.24) is 0 Å². The van der Waals surface area contributed by atoms with Gasteiger partial charge in [-0.05, 0) is 31.0 Å². The normalized spacial score (nSPS) is 12.3. The van der Waals surface area contributed by atoms with Crippen LogP contribution in [-0.2, 0) is 19.6 Å². The van der Waals surface area contributed by atoms with Crippen LogP contribution in [0.3, 0.4) is 0 Å². The molecule has 0 aromatic heterocycles. The Balaban J connectivity index is 3.01. The number of sulfonamides is 1. The molecule has 0 bridgehead atoms. The highest BCUT2D eigenvalue weighted by Crippen LogP contribution is 2.24. The first kappa shape index (κ1) is 19.0. The Kier molecular flexibility index (Phi) is 7.02. The van der Waals surface area contributed by atoms with Crippen LogP contribution in [0.1, 0.15) is 36.5 Å². The summed E-state index contributed by atoms with van der Waals surface area (Å²) in [5.41, 5.74) is 0.383. The van der Waals surface area contributed by atoms with E-state index in [9.17, 15) is 18.0 Å². The third-order valence-electron chi connectivity index (χ3n) is 2.99. The zero-order valence-electron chi connectivity index (χ0n) is 13.4. The van der Waals surface area contributed by atoms with Gasteiger partial charge in [-0.3, -0.25) is 9.52 Å². The highest BCUT2D eigenvalue weighted by atomic mass is 32.2. The third kappa shape index (κ3) is 6.27. The minimum Gasteiger partial charge on any atom is -0.478 e. The molecule has 1 rings (SSSR count). The minimum atomic E-state index is -3.45. The largest absolute Gasteiger partial charge is 0.478 e. The van der Waals surface area contributed by atoms with Crippen molar-refractivity contribution in [3.63, 3.8) is 0 Å². The molecule has 1 N–H and O–H groups in total. The summed E-state index contributed by atoms with van der Waals surface area (Å²) in [6.07, 6.45) is 2.85. The average Bonchev–Trinajstić information content (AvgIpc) is 2.50. The number of benzene rings is 1. The molecular weight excluding hydrogens is 322 g/mol. The fourth-order valence-electron chi connectivity index (χ4n) is 1.92. The molecule has 0 aliphatic heterocycles. The van der Waals surface area contributed by atoms with Crippen LogP contribution in [0, 0.1) is 0 Å². The Morgan fingerprint density at radius 3 is 2.61 bits per heavy atom. The van der Waals surface area contributed by atoms with Gasteiger partial charge in [0.1, 0.15) is 5.75 Å². The maximum absolute atomic E-state index is 11.7. The highest BCUT2D eigenvalue weighted by molar-refractivity contribution is 7.92. The van der Waals surface area contributed by atoms with E-state index >= 15 is 0 Å². The number of hydrogen-bond acceptors (Lipinski definition) is 6. The summed E-state index contributed by atoms with van der Waals surface area (Å²) in [7, 11) is -2.18. The Bertz CT molecular complexity index is 656. The number of anilines is 1. The van der Waals surface area contributed by atoms with Crippen LogP contribution < -0.4 is 9.46 Å². The maximum Gasteiger partial charge on any atom is 0.347 e. The van der Waals surface area contributed by atoms with Gasteiger partial charge in [0.15, 0.2) is 12.4 Å². The molecule has 1 atom stereocenters. The maximum atomic E-state index is 11.7. The molecule has 1 aromatic rings. The molecule has 8 heteroatoms. The van der Waals surface area contributed by atoms with E-state index in [1.807, 2.05) is 6.92 Å². The van der Waals surface area contributed by atoms with Crippen LogP contribution in [-0.4, -0.2) is 40.1 Å². The summed E-state index contributed by atoms with van der Waals surface area (Å²) < 4.78 is 35.0. The lowest BCUT2D eigenvalue weighted by atomic mass is 10.1. The Hall–Kier alpha value is -2.09. The predicted molar refractivity (Wildman–Crippen MR) is 86.3 cm³/mol. The SMILES string of the molecule is CCCCC(Oc1ccc(NS(C)(=O)=O)cc1C=O)C(=O)OC. The number of hydrogen-bond donors (Lipinski definition) is 1. The molecule has 0 spiro atoms. The second-order valence-corrected chi connectivity index (χ2v) is 6.77. The van der Waals surface area contributed by atoms with Crippen LogP contribution in [0.4, 0.5) is 5.69 Å². The van der Waals surface area contributed by atoms with Crippen molar-refractivity contribution in [3.05, 3.63) is 23.8 Å². The van der Waals surface area contributed by atoms with Crippen LogP contribution in [0.15, 0.2) is 18.2 Å². The summed E-state index contributed by atoms with van der Waals surface area (Å²) in [6, 6.07) is 4.24. The van der Waals surface area contributed by atoms with Crippen LogP contribution >= 0.6 is 0 Å². The molecule has 128 valence electrons. The Morgan fingerprint density at radius 1 is 1.39 bits per heavy atom. The molecule has 7 nitrogen and oxygen atoms in total. The van der Waals surface area contributed by atoms with Gasteiger partial charge in [0, 0.05) is 5.69 Å². The lowest BCUT2D eigenvalue weighted by Crippen LogP contribution is -2.29. The van der Waals surface area contributed by atoms with Gasteiger partial charge in [0.2, 0.25) is 10.0 Å². The van der Waals surface area contributed by atoms with Crippen molar-refractivity contribution in [2.75, 3.05) is 18.1 Å². The van der Waals surface area contributed by atoms with Crippen molar-refractivity contribution in [1.29, 1.82) is 0 Å². The summed E-state index contributed by atoms with van der Waals surface area (Å²) in [6.45, 7) is 1.98. The number of unbranched alkanes of at least 4 members (excludes halogenated alkanes) is 1. The molecule has 0 saturated carbocycles. The first-order valence-electron chi connectivity index (χ1n) is 7.12. The van der Waals surface area contributed by atoms with Crippen LogP contribution in [0.2, 0.25) is 0 Å². The van der Waals surface area contributed by atoms with E-state index in [2.05, 4.69) is 4.72 Å². The van der Waals surface area contributed by atoms with E-state index in [-0.39, 0.29) is 17.0 Å². The minimum absolute atomic E-state index is 0.143. The van der Waals surface area contributed by atoms with E-state index < -0.39 is 22.1 Å². The van der Waals surface area contributed by atoms with Crippen molar-refractivity contribution in [3.8, 4) is 5.75 Å². The van der Waals surface area contributed by atoms with Gasteiger partial charge in [0.05, 0.1) is 18.9 Å². The van der Waals surface area contributed by atoms with Crippen molar-refractivity contribution in [2.24, 2.45) is 0 Å². The molecular formula is C15H21NO6S. The number of ether oxygens (including phenoxy) is 2. The molecule has 0 amide bonds. The fourth-order valence-corrected chi connectivity index (χ4v) is 2.48. The van der Waals surface area contributed by atoms with Crippen molar-refractivity contribution >= 4 is 28.0 Å². The molecule has 1 unspecified atom stereocenters. The Labute approximate surface area is 136 Å². The van der Waals surface area contributed by atoms with Gasteiger partial charge in [0.25, 0.3) is 0 Å². The summed E-state index contributed by atoms with van der Waals surface area (Å²) in [4.78, 5) is 23.0. The molecule has 23 heavy (non-hydrogen) atoms. The summed E-state index contributed by atoms with van der Waals surface area (Å²) >= 11 is 0. The number of methoxy groups -OCH3 is 1. The van der Waals surface area contributed by atoms with E-state index in [0.717, 1.165) is 19.1 Å². The molecule has 0 aliphatic rings. The van der Waals surface area contributed by atoms with E-state index in [0.29, 0.717) is 12.7 Å². The molecule has 1 aromatic carbocycles. The standard InChI is InChI=1S/C15H21NO6S/c1-4-5-6-14(15(18)21-2)22-13-8-7-12(9-11(13)10-17)16-23(3,19)20/h7-10,14,16H,4-6H2,1-3H3. The van der Waals surface area contributed by atoms with Gasteiger partial charge >= 0.3 is 5.97 Å². The molecule has 0 radical (unpaired) electrons. The third-order valence-corrected chi connectivity index (χ3v) is 3.60. The molecule has 0 fully saturated rings. The smallest absolute Gasteiger partial charge is 0.347 e. The van der Waals surface area contributed by atoms with E-state index in [1.165, 1.54) is 25.3 Å². The van der Waals surface area contributed by atoms with Gasteiger partial charge in [-0.15, -0.1) is 0 Å². The number of esters is 1. The van der Waals surface area contributed by atoms with Gasteiger partial charge in [-0.25, -0.2) is 13.2 Å². The first-order chi connectivity index (χ1) is 10.8. The monoisotopic (exact) mass is 343 g/mol.